The summed E-state index contributed by atoms with van der Waals surface area (Å²) in [7, 11) is -1.24. The van der Waals surface area contributed by atoms with Crippen molar-refractivity contribution in [3.63, 3.8) is 0 Å². The minimum absolute atomic E-state index is 0.0233. The zero-order valence-electron chi connectivity index (χ0n) is 17.6. The quantitative estimate of drug-likeness (QED) is 0.392. The van der Waals surface area contributed by atoms with Gasteiger partial charge in [0.15, 0.2) is 11.5 Å². The minimum Gasteiger partial charge on any atom is -0.463 e. The summed E-state index contributed by atoms with van der Waals surface area (Å²) in [6, 6.07) is 17.9. The molecule has 170 valence electrons. The van der Waals surface area contributed by atoms with Gasteiger partial charge >= 0.3 is 0 Å². The van der Waals surface area contributed by atoms with Crippen molar-refractivity contribution in [3.8, 4) is 17.1 Å². The third kappa shape index (κ3) is 4.69. The molecule has 2 aromatic carbocycles. The normalized spacial score (nSPS) is 11.6. The Morgan fingerprint density at radius 2 is 1.88 bits per heavy atom. The van der Waals surface area contributed by atoms with E-state index in [0.717, 1.165) is 4.47 Å². The van der Waals surface area contributed by atoms with E-state index in [9.17, 15) is 13.2 Å². The van der Waals surface area contributed by atoms with Gasteiger partial charge in [0.05, 0.1) is 24.0 Å². The van der Waals surface area contributed by atoms with Crippen LogP contribution in [0.25, 0.3) is 17.1 Å². The fourth-order valence-electron chi connectivity index (χ4n) is 3.05. The van der Waals surface area contributed by atoms with Crippen molar-refractivity contribution < 1.29 is 22.5 Å². The molecular formula is C22H19ClN4O5S. The van der Waals surface area contributed by atoms with Gasteiger partial charge in [0.25, 0.3) is 15.9 Å². The van der Waals surface area contributed by atoms with Gasteiger partial charge in [-0.15, -0.1) is 0 Å². The summed E-state index contributed by atoms with van der Waals surface area (Å²) >= 11 is 6.12. The van der Waals surface area contributed by atoms with Gasteiger partial charge in [0.2, 0.25) is 0 Å². The summed E-state index contributed by atoms with van der Waals surface area (Å²) < 4.78 is 32.4. The van der Waals surface area contributed by atoms with Crippen LogP contribution in [0, 0.1) is 0 Å². The third-order valence-corrected chi connectivity index (χ3v) is 6.70. The summed E-state index contributed by atoms with van der Waals surface area (Å²) in [6.45, 7) is 0. The number of hydrogen-bond acceptors (Lipinski definition) is 6. The molecule has 1 N–H and O–H groups in total. The number of halogens is 1. The van der Waals surface area contributed by atoms with E-state index in [1.54, 1.807) is 41.1 Å². The van der Waals surface area contributed by atoms with Crippen molar-refractivity contribution in [3.05, 3.63) is 83.7 Å². The Hall–Kier alpha value is -3.44. The van der Waals surface area contributed by atoms with Crippen molar-refractivity contribution in [2.24, 2.45) is 0 Å². The van der Waals surface area contributed by atoms with Crippen LogP contribution in [0.2, 0.25) is 5.02 Å². The highest BCUT2D eigenvalue weighted by atomic mass is 35.5. The number of benzene rings is 2. The maximum absolute atomic E-state index is 12.9. The predicted octanol–water partition coefficient (Wildman–Crippen LogP) is 4.22. The van der Waals surface area contributed by atoms with Crippen LogP contribution in [0.15, 0.2) is 82.3 Å². The summed E-state index contributed by atoms with van der Waals surface area (Å²) in [5.74, 6) is 0.0477. The average Bonchev–Trinajstić information content (AvgIpc) is 3.49. The summed E-state index contributed by atoms with van der Waals surface area (Å²) in [5.41, 5.74) is 1.76. The number of anilines is 1. The highest BCUT2D eigenvalue weighted by Gasteiger charge is 2.21. The first-order valence-electron chi connectivity index (χ1n) is 9.64. The van der Waals surface area contributed by atoms with Crippen LogP contribution in [0.1, 0.15) is 10.5 Å². The molecule has 0 unspecified atom stereocenters. The van der Waals surface area contributed by atoms with Gasteiger partial charge < -0.3 is 9.73 Å². The lowest BCUT2D eigenvalue weighted by molar-refractivity contribution is -0.0258. The van der Waals surface area contributed by atoms with Crippen molar-refractivity contribution >= 4 is 33.2 Å². The van der Waals surface area contributed by atoms with Crippen LogP contribution in [-0.4, -0.2) is 42.7 Å². The average molecular weight is 487 g/mol. The molecular weight excluding hydrogens is 468 g/mol. The Kier molecular flexibility index (Phi) is 6.34. The number of nitrogens with zero attached hydrogens (tertiary/aromatic N) is 3. The second-order valence-electron chi connectivity index (χ2n) is 6.86. The van der Waals surface area contributed by atoms with Crippen LogP contribution in [0.5, 0.6) is 0 Å². The number of rotatable bonds is 7. The third-order valence-electron chi connectivity index (χ3n) is 4.77. The Balaban J connectivity index is 1.62. The lowest BCUT2D eigenvalue weighted by Gasteiger charge is -2.14. The van der Waals surface area contributed by atoms with Crippen LogP contribution in [0.3, 0.4) is 0 Å². The molecule has 0 aliphatic rings. The number of carbonyl (C=O) groups excluding carboxylic acids is 1. The smallest absolute Gasteiger partial charge is 0.276 e. The van der Waals surface area contributed by atoms with Gasteiger partial charge in [-0.05, 0) is 54.6 Å². The molecule has 33 heavy (non-hydrogen) atoms. The lowest BCUT2D eigenvalue weighted by Crippen LogP contribution is -2.25. The Morgan fingerprint density at radius 1 is 1.12 bits per heavy atom. The van der Waals surface area contributed by atoms with Crippen molar-refractivity contribution in [2.45, 2.75) is 4.90 Å². The fourth-order valence-corrected chi connectivity index (χ4v) is 4.21. The molecule has 0 saturated heterocycles. The van der Waals surface area contributed by atoms with Crippen molar-refractivity contribution in [1.29, 1.82) is 0 Å². The van der Waals surface area contributed by atoms with Crippen LogP contribution in [-0.2, 0) is 14.9 Å². The van der Waals surface area contributed by atoms with Gasteiger partial charge in [-0.2, -0.15) is 5.10 Å². The number of nitrogens with one attached hydrogen (secondary N) is 1. The van der Waals surface area contributed by atoms with E-state index in [1.165, 1.54) is 44.7 Å². The molecule has 1 amide bonds. The standard InChI is InChI=1S/C22H19ClN4O5S/c1-26(31-2)33(29,30)18-10-8-16(9-11-18)24-22(28)19-14-20(21-7-4-12-32-21)27(25-19)17-6-3-5-15(23)13-17/h3-14H,1-2H3,(H,24,28). The molecule has 0 radical (unpaired) electrons. The predicted molar refractivity (Wildman–Crippen MR) is 123 cm³/mol. The first-order valence-corrected chi connectivity index (χ1v) is 11.5. The molecule has 0 bridgehead atoms. The van der Waals surface area contributed by atoms with Gasteiger partial charge in [-0.25, -0.2) is 13.1 Å². The highest BCUT2D eigenvalue weighted by molar-refractivity contribution is 7.89. The van der Waals surface area contributed by atoms with Gasteiger partial charge in [-0.1, -0.05) is 22.1 Å². The number of amides is 1. The second-order valence-corrected chi connectivity index (χ2v) is 9.23. The number of hydrogen-bond donors (Lipinski definition) is 1. The van der Waals surface area contributed by atoms with E-state index >= 15 is 0 Å². The molecule has 0 aliphatic carbocycles. The fraction of sp³-hybridized carbons (Fsp3) is 0.0909. The van der Waals surface area contributed by atoms with Crippen LogP contribution < -0.4 is 5.32 Å². The molecule has 2 heterocycles. The highest BCUT2D eigenvalue weighted by Crippen LogP contribution is 2.26. The first kappa shape index (κ1) is 22.7. The van der Waals surface area contributed by atoms with E-state index in [0.29, 0.717) is 27.9 Å². The largest absolute Gasteiger partial charge is 0.463 e. The van der Waals surface area contributed by atoms with E-state index in [-0.39, 0.29) is 10.6 Å². The Bertz CT molecular complexity index is 1380. The van der Waals surface area contributed by atoms with Crippen LogP contribution in [0.4, 0.5) is 5.69 Å². The summed E-state index contributed by atoms with van der Waals surface area (Å²) in [5, 5.41) is 7.67. The lowest BCUT2D eigenvalue weighted by atomic mass is 10.2. The molecule has 4 aromatic rings. The zero-order chi connectivity index (χ0) is 23.6. The molecule has 0 saturated carbocycles. The zero-order valence-corrected chi connectivity index (χ0v) is 19.2. The summed E-state index contributed by atoms with van der Waals surface area (Å²) in [6.07, 6.45) is 1.53. The second kappa shape index (κ2) is 9.20. The SMILES string of the molecule is CON(C)S(=O)(=O)c1ccc(NC(=O)c2cc(-c3ccco3)n(-c3cccc(Cl)c3)n2)cc1. The number of hydroxylamine groups is 1. The van der Waals surface area contributed by atoms with Gasteiger partial charge in [0, 0.05) is 23.8 Å². The molecule has 9 nitrogen and oxygen atoms in total. The Labute approximate surface area is 195 Å². The minimum atomic E-state index is -3.79. The van der Waals surface area contributed by atoms with Crippen molar-refractivity contribution in [2.75, 3.05) is 19.5 Å². The number of furan rings is 1. The molecule has 11 heteroatoms. The van der Waals surface area contributed by atoms with E-state index in [1.807, 2.05) is 6.07 Å². The Morgan fingerprint density at radius 3 is 2.52 bits per heavy atom. The van der Waals surface area contributed by atoms with Crippen LogP contribution >= 0.6 is 11.6 Å². The summed E-state index contributed by atoms with van der Waals surface area (Å²) in [4.78, 5) is 17.7. The molecule has 2 aromatic heterocycles. The molecule has 0 spiro atoms. The number of carbonyl (C=O) groups is 1. The first-order chi connectivity index (χ1) is 15.8. The monoisotopic (exact) mass is 486 g/mol. The van der Waals surface area contributed by atoms with Gasteiger partial charge in [-0.3, -0.25) is 9.63 Å². The maximum Gasteiger partial charge on any atom is 0.276 e. The number of sulfonamides is 1. The molecule has 0 aliphatic heterocycles. The molecule has 0 fully saturated rings. The van der Waals surface area contributed by atoms with Crippen molar-refractivity contribution in [1.82, 2.24) is 14.2 Å². The number of aromatic nitrogens is 2. The molecule has 4 rings (SSSR count). The van der Waals surface area contributed by atoms with E-state index in [4.69, 9.17) is 20.9 Å². The topological polar surface area (TPSA) is 107 Å². The maximum atomic E-state index is 12.9. The van der Waals surface area contributed by atoms with E-state index in [2.05, 4.69) is 10.4 Å². The van der Waals surface area contributed by atoms with Gasteiger partial charge in [0.1, 0.15) is 5.69 Å². The van der Waals surface area contributed by atoms with E-state index < -0.39 is 15.9 Å². The molecule has 0 atom stereocenters.